The fourth-order valence-electron chi connectivity index (χ4n) is 2.21. The molecule has 2 heterocycles. The molecule has 0 fully saturated rings. The van der Waals surface area contributed by atoms with Crippen LogP contribution < -0.4 is 5.73 Å². The normalized spacial score (nSPS) is 21.0. The van der Waals surface area contributed by atoms with Crippen LogP contribution in [0.4, 0.5) is 19.0 Å². The van der Waals surface area contributed by atoms with Gasteiger partial charge in [-0.1, -0.05) is 29.4 Å². The zero-order chi connectivity index (χ0) is 16.7. The topological polar surface area (TPSA) is 80.7 Å². The number of hydrogen-bond acceptors (Lipinski definition) is 5. The molecule has 0 spiro atoms. The number of oxime groups is 1. The molecule has 1 aromatic carbocycles. The lowest BCUT2D eigenvalue weighted by atomic mass is 9.99. The Bertz CT molecular complexity index is 759. The van der Waals surface area contributed by atoms with Crippen molar-refractivity contribution in [2.45, 2.75) is 18.4 Å². The zero-order valence-electron chi connectivity index (χ0n) is 11.7. The zero-order valence-corrected chi connectivity index (χ0v) is 11.7. The molecule has 0 bridgehead atoms. The monoisotopic (exact) mass is 323 g/mol. The molecular formula is C15H12F3N3O2. The van der Waals surface area contributed by atoms with Crippen LogP contribution in [0.5, 0.6) is 0 Å². The summed E-state index contributed by atoms with van der Waals surface area (Å²) in [7, 11) is 0. The van der Waals surface area contributed by atoms with E-state index >= 15 is 0 Å². The number of alkyl halides is 3. The fourth-order valence-corrected chi connectivity index (χ4v) is 2.21. The summed E-state index contributed by atoms with van der Waals surface area (Å²) >= 11 is 0. The molecule has 1 aromatic heterocycles. The van der Waals surface area contributed by atoms with Crippen LogP contribution in [0, 0.1) is 0 Å². The molecule has 120 valence electrons. The molecule has 1 atom stereocenters. The van der Waals surface area contributed by atoms with E-state index in [1.165, 1.54) is 0 Å². The Morgan fingerprint density at radius 3 is 2.30 bits per heavy atom. The van der Waals surface area contributed by atoms with Crippen molar-refractivity contribution >= 4 is 11.5 Å². The van der Waals surface area contributed by atoms with Crippen molar-refractivity contribution in [1.82, 2.24) is 4.98 Å². The number of anilines is 1. The van der Waals surface area contributed by atoms with Crippen LogP contribution in [-0.4, -0.2) is 27.8 Å². The average Bonchev–Trinajstić information content (AvgIpc) is 2.91. The molecule has 1 aliphatic heterocycles. The van der Waals surface area contributed by atoms with Gasteiger partial charge >= 0.3 is 12.0 Å². The van der Waals surface area contributed by atoms with Crippen LogP contribution in [0.15, 0.2) is 47.8 Å². The highest BCUT2D eigenvalue weighted by molar-refractivity contribution is 6.01. The van der Waals surface area contributed by atoms with Gasteiger partial charge in [0.05, 0.1) is 12.1 Å². The minimum absolute atomic E-state index is 0.0330. The second-order valence-electron chi connectivity index (χ2n) is 5.13. The number of rotatable bonds is 2. The van der Waals surface area contributed by atoms with Crippen LogP contribution >= 0.6 is 0 Å². The third-order valence-corrected chi connectivity index (χ3v) is 3.49. The van der Waals surface area contributed by atoms with Gasteiger partial charge in [0.2, 0.25) is 0 Å². The van der Waals surface area contributed by atoms with Crippen molar-refractivity contribution in [3.63, 3.8) is 0 Å². The molecule has 2 aromatic rings. The van der Waals surface area contributed by atoms with E-state index in [1.54, 1.807) is 42.6 Å². The van der Waals surface area contributed by atoms with Gasteiger partial charge in [0, 0.05) is 6.20 Å². The molecule has 1 unspecified atom stereocenters. The van der Waals surface area contributed by atoms with E-state index in [-0.39, 0.29) is 5.71 Å². The van der Waals surface area contributed by atoms with Crippen molar-refractivity contribution in [3.05, 3.63) is 48.2 Å². The Morgan fingerprint density at radius 1 is 1.09 bits per heavy atom. The van der Waals surface area contributed by atoms with Crippen molar-refractivity contribution in [2.24, 2.45) is 5.16 Å². The van der Waals surface area contributed by atoms with Crippen LogP contribution in [-0.2, 0) is 4.84 Å². The lowest BCUT2D eigenvalue weighted by Gasteiger charge is -2.22. The standard InChI is InChI=1S/C15H12F3N3O2/c16-15(17,18)14(22)8-12(21-23-14)10-3-1-9(2-4-10)11-5-6-20-13(19)7-11/h1-7,22H,8H2,(H2,19,20). The summed E-state index contributed by atoms with van der Waals surface area (Å²) in [6.45, 7) is 0. The molecule has 0 saturated heterocycles. The van der Waals surface area contributed by atoms with Gasteiger partial charge in [-0.25, -0.2) is 4.98 Å². The minimum atomic E-state index is -4.91. The summed E-state index contributed by atoms with van der Waals surface area (Å²) in [5.41, 5.74) is 7.75. The number of benzene rings is 1. The molecule has 0 radical (unpaired) electrons. The molecular weight excluding hydrogens is 311 g/mol. The number of halogens is 3. The van der Waals surface area contributed by atoms with E-state index in [4.69, 9.17) is 5.73 Å². The number of nitrogens with zero attached hydrogens (tertiary/aromatic N) is 2. The van der Waals surface area contributed by atoms with Gasteiger partial charge < -0.3 is 15.7 Å². The Hall–Kier alpha value is -2.61. The third-order valence-electron chi connectivity index (χ3n) is 3.49. The van der Waals surface area contributed by atoms with Crippen molar-refractivity contribution < 1.29 is 23.1 Å². The molecule has 0 saturated carbocycles. The van der Waals surface area contributed by atoms with Crippen LogP contribution in [0.2, 0.25) is 0 Å². The first-order valence-electron chi connectivity index (χ1n) is 6.65. The number of aromatic nitrogens is 1. The van der Waals surface area contributed by atoms with E-state index < -0.39 is 18.4 Å². The first kappa shape index (κ1) is 15.3. The van der Waals surface area contributed by atoms with Gasteiger partial charge in [0.25, 0.3) is 0 Å². The minimum Gasteiger partial charge on any atom is -0.384 e. The van der Waals surface area contributed by atoms with Crippen LogP contribution in [0.25, 0.3) is 11.1 Å². The maximum Gasteiger partial charge on any atom is 0.458 e. The Morgan fingerprint density at radius 2 is 1.74 bits per heavy atom. The predicted octanol–water partition coefficient (Wildman–Crippen LogP) is 2.71. The summed E-state index contributed by atoms with van der Waals surface area (Å²) in [4.78, 5) is 8.09. The van der Waals surface area contributed by atoms with Gasteiger partial charge in [-0.05, 0) is 28.8 Å². The van der Waals surface area contributed by atoms with Gasteiger partial charge in [-0.2, -0.15) is 13.2 Å². The molecule has 0 amide bonds. The van der Waals surface area contributed by atoms with Crippen molar-refractivity contribution in [3.8, 4) is 11.1 Å². The SMILES string of the molecule is Nc1cc(-c2ccc(C3=NOC(O)(C(F)(F)F)C3)cc2)ccn1. The summed E-state index contributed by atoms with van der Waals surface area (Å²) in [5.74, 6) is -2.89. The largest absolute Gasteiger partial charge is 0.458 e. The average molecular weight is 323 g/mol. The second-order valence-corrected chi connectivity index (χ2v) is 5.13. The third kappa shape index (κ3) is 2.85. The molecule has 3 rings (SSSR count). The van der Waals surface area contributed by atoms with Crippen molar-refractivity contribution in [1.29, 1.82) is 0 Å². The Balaban J connectivity index is 1.82. The summed E-state index contributed by atoms with van der Waals surface area (Å²) in [6, 6.07) is 10.1. The van der Waals surface area contributed by atoms with E-state index in [2.05, 4.69) is 15.0 Å². The second kappa shape index (κ2) is 5.24. The van der Waals surface area contributed by atoms with Crippen LogP contribution in [0.1, 0.15) is 12.0 Å². The number of hydrogen-bond donors (Lipinski definition) is 2. The van der Waals surface area contributed by atoms with Gasteiger partial charge in [-0.3, -0.25) is 0 Å². The number of nitrogen functional groups attached to an aromatic ring is 1. The fraction of sp³-hybridized carbons (Fsp3) is 0.200. The summed E-state index contributed by atoms with van der Waals surface area (Å²) in [6.07, 6.45) is -4.10. The van der Waals surface area contributed by atoms with Gasteiger partial charge in [0.15, 0.2) is 0 Å². The maximum absolute atomic E-state index is 12.7. The smallest absolute Gasteiger partial charge is 0.384 e. The molecule has 5 nitrogen and oxygen atoms in total. The highest BCUT2D eigenvalue weighted by atomic mass is 19.4. The van der Waals surface area contributed by atoms with E-state index in [1.807, 2.05) is 0 Å². The number of nitrogens with two attached hydrogens (primary N) is 1. The predicted molar refractivity (Wildman–Crippen MR) is 77.3 cm³/mol. The lowest BCUT2D eigenvalue weighted by Crippen LogP contribution is -2.45. The Labute approximate surface area is 129 Å². The summed E-state index contributed by atoms with van der Waals surface area (Å²) < 4.78 is 38.1. The molecule has 1 aliphatic rings. The first-order valence-corrected chi connectivity index (χ1v) is 6.65. The highest BCUT2D eigenvalue weighted by Gasteiger charge is 2.60. The number of aliphatic hydroxyl groups is 1. The first-order chi connectivity index (χ1) is 10.8. The maximum atomic E-state index is 12.7. The highest BCUT2D eigenvalue weighted by Crippen LogP contribution is 2.39. The van der Waals surface area contributed by atoms with E-state index in [0.29, 0.717) is 11.4 Å². The Kier molecular flexibility index (Phi) is 3.48. The van der Waals surface area contributed by atoms with Gasteiger partial charge in [-0.15, -0.1) is 0 Å². The molecule has 8 heteroatoms. The lowest BCUT2D eigenvalue weighted by molar-refractivity contribution is -0.355. The quantitative estimate of drug-likeness (QED) is 0.890. The molecule has 23 heavy (non-hydrogen) atoms. The molecule has 3 N–H and O–H groups in total. The number of pyridine rings is 1. The van der Waals surface area contributed by atoms with Crippen molar-refractivity contribution in [2.75, 3.05) is 5.73 Å². The molecule has 0 aliphatic carbocycles. The van der Waals surface area contributed by atoms with Gasteiger partial charge in [0.1, 0.15) is 5.82 Å². The van der Waals surface area contributed by atoms with E-state index in [0.717, 1.165) is 11.1 Å². The van der Waals surface area contributed by atoms with Crippen LogP contribution in [0.3, 0.4) is 0 Å². The summed E-state index contributed by atoms with van der Waals surface area (Å²) in [5, 5.41) is 12.8. The van der Waals surface area contributed by atoms with E-state index in [9.17, 15) is 18.3 Å².